The lowest BCUT2D eigenvalue weighted by atomic mass is 10.3. The molecule has 0 saturated carbocycles. The molecule has 0 aliphatic heterocycles. The van der Waals surface area contributed by atoms with Gasteiger partial charge in [0.1, 0.15) is 0 Å². The van der Waals surface area contributed by atoms with Crippen LogP contribution in [0.3, 0.4) is 0 Å². The van der Waals surface area contributed by atoms with Crippen LogP contribution in [0.5, 0.6) is 0 Å². The maximum atomic E-state index is 10.7. The second kappa shape index (κ2) is 4.06. The van der Waals surface area contributed by atoms with Crippen molar-refractivity contribution < 1.29 is 4.79 Å². The van der Waals surface area contributed by atoms with Crippen molar-refractivity contribution >= 4 is 28.4 Å². The summed E-state index contributed by atoms with van der Waals surface area (Å²) in [5, 5.41) is 0. The average molecular weight is 224 g/mol. The van der Waals surface area contributed by atoms with E-state index in [9.17, 15) is 4.79 Å². The van der Waals surface area contributed by atoms with Crippen LogP contribution >= 0.6 is 22.6 Å². The second-order valence-corrected chi connectivity index (χ2v) is 2.58. The number of halogens is 1. The molecule has 0 bridgehead atoms. The predicted octanol–water partition coefficient (Wildman–Crippen LogP) is 2.30. The van der Waals surface area contributed by atoms with E-state index in [2.05, 4.69) is 0 Å². The van der Waals surface area contributed by atoms with Crippen LogP contribution in [-0.2, 0) is 4.79 Å². The first-order chi connectivity index (χ1) is 3.72. The van der Waals surface area contributed by atoms with E-state index >= 15 is 0 Å². The first-order valence-electron chi connectivity index (χ1n) is 2.57. The van der Waals surface area contributed by atoms with E-state index in [0.29, 0.717) is 6.42 Å². The fourth-order valence-electron chi connectivity index (χ4n) is 0.330. The number of Topliss-reactive ketones (excluding diaryl/α,β-unsaturated/α-hetero) is 1. The molecule has 0 radical (unpaired) electrons. The topological polar surface area (TPSA) is 17.1 Å². The maximum absolute atomic E-state index is 10.7. The van der Waals surface area contributed by atoms with Crippen molar-refractivity contribution in [1.29, 1.82) is 0 Å². The van der Waals surface area contributed by atoms with Gasteiger partial charge in [-0.2, -0.15) is 0 Å². The number of ketones is 1. The average Bonchev–Trinajstić information content (AvgIpc) is 1.84. The Hall–Kier alpha value is 0.140. The summed E-state index contributed by atoms with van der Waals surface area (Å²) in [6.45, 7) is 3.74. The van der Waals surface area contributed by atoms with Gasteiger partial charge in [0.05, 0.1) is 3.58 Å². The third-order valence-corrected chi connectivity index (χ3v) is 2.07. The van der Waals surface area contributed by atoms with Gasteiger partial charge < -0.3 is 0 Å². The SMILES string of the molecule is C/C=C(\I)C(=O)CC. The number of carbonyl (C=O) groups excluding carboxylic acids is 1. The van der Waals surface area contributed by atoms with E-state index in [1.807, 2.05) is 42.5 Å². The van der Waals surface area contributed by atoms with Gasteiger partial charge in [-0.3, -0.25) is 4.79 Å². The van der Waals surface area contributed by atoms with Gasteiger partial charge in [-0.05, 0) is 29.5 Å². The van der Waals surface area contributed by atoms with Crippen LogP contribution in [0.15, 0.2) is 9.66 Å². The molecule has 0 N–H and O–H groups in total. The first kappa shape index (κ1) is 8.14. The maximum Gasteiger partial charge on any atom is 0.168 e. The number of hydrogen-bond acceptors (Lipinski definition) is 1. The molecule has 46 valence electrons. The molecule has 0 aromatic rings. The zero-order valence-electron chi connectivity index (χ0n) is 5.07. The summed E-state index contributed by atoms with van der Waals surface area (Å²) in [6.07, 6.45) is 2.44. The van der Waals surface area contributed by atoms with Gasteiger partial charge in [0, 0.05) is 6.42 Å². The highest BCUT2D eigenvalue weighted by molar-refractivity contribution is 14.1. The Morgan fingerprint density at radius 1 is 1.75 bits per heavy atom. The molecule has 8 heavy (non-hydrogen) atoms. The first-order valence-corrected chi connectivity index (χ1v) is 3.65. The standard InChI is InChI=1S/C6H9IO/c1-3-5(7)6(8)4-2/h3H,4H2,1-2H3/b5-3-. The van der Waals surface area contributed by atoms with Gasteiger partial charge >= 0.3 is 0 Å². The van der Waals surface area contributed by atoms with Crippen molar-refractivity contribution in [2.45, 2.75) is 20.3 Å². The van der Waals surface area contributed by atoms with E-state index in [1.54, 1.807) is 0 Å². The lowest BCUT2D eigenvalue weighted by Crippen LogP contribution is -1.91. The number of carbonyl (C=O) groups is 1. The number of allylic oxidation sites excluding steroid dienone is 2. The lowest BCUT2D eigenvalue weighted by Gasteiger charge is -1.88. The van der Waals surface area contributed by atoms with Crippen LogP contribution in [-0.4, -0.2) is 5.78 Å². The fourth-order valence-corrected chi connectivity index (χ4v) is 0.711. The molecule has 0 amide bonds. The van der Waals surface area contributed by atoms with Crippen molar-refractivity contribution in [2.24, 2.45) is 0 Å². The van der Waals surface area contributed by atoms with Crippen molar-refractivity contribution in [1.82, 2.24) is 0 Å². The molecule has 0 unspecified atom stereocenters. The van der Waals surface area contributed by atoms with Crippen LogP contribution in [0, 0.1) is 0 Å². The van der Waals surface area contributed by atoms with E-state index in [-0.39, 0.29) is 5.78 Å². The minimum Gasteiger partial charge on any atom is -0.294 e. The Labute approximate surface area is 63.3 Å². The highest BCUT2D eigenvalue weighted by Gasteiger charge is 1.98. The quantitative estimate of drug-likeness (QED) is 0.519. The zero-order chi connectivity index (χ0) is 6.57. The molecule has 0 fully saturated rings. The Morgan fingerprint density at radius 3 is 2.38 bits per heavy atom. The largest absolute Gasteiger partial charge is 0.294 e. The molecule has 0 aromatic carbocycles. The van der Waals surface area contributed by atoms with Crippen LogP contribution in [0.2, 0.25) is 0 Å². The highest BCUT2D eigenvalue weighted by atomic mass is 127. The lowest BCUT2D eigenvalue weighted by molar-refractivity contribution is -0.114. The third-order valence-electron chi connectivity index (χ3n) is 0.841. The van der Waals surface area contributed by atoms with Crippen molar-refractivity contribution in [3.8, 4) is 0 Å². The number of rotatable bonds is 2. The Bertz CT molecular complexity index is 116. The van der Waals surface area contributed by atoms with Gasteiger partial charge in [-0.25, -0.2) is 0 Å². The molecule has 0 aromatic heterocycles. The predicted molar refractivity (Wildman–Crippen MR) is 43.1 cm³/mol. The van der Waals surface area contributed by atoms with Crippen molar-refractivity contribution in [3.63, 3.8) is 0 Å². The van der Waals surface area contributed by atoms with Crippen molar-refractivity contribution in [2.75, 3.05) is 0 Å². The van der Waals surface area contributed by atoms with E-state index in [4.69, 9.17) is 0 Å². The third kappa shape index (κ3) is 2.45. The smallest absolute Gasteiger partial charge is 0.168 e. The van der Waals surface area contributed by atoms with Crippen LogP contribution in [0.1, 0.15) is 20.3 Å². The molecule has 0 spiro atoms. The van der Waals surface area contributed by atoms with E-state index < -0.39 is 0 Å². The molecule has 0 aliphatic rings. The molecule has 0 saturated heterocycles. The minimum atomic E-state index is 0.230. The summed E-state index contributed by atoms with van der Waals surface area (Å²) in [5.74, 6) is 0.230. The normalized spacial score (nSPS) is 11.6. The van der Waals surface area contributed by atoms with Crippen molar-refractivity contribution in [3.05, 3.63) is 9.66 Å². The van der Waals surface area contributed by atoms with Gasteiger partial charge in [-0.15, -0.1) is 0 Å². The molecular weight excluding hydrogens is 215 g/mol. The summed E-state index contributed by atoms with van der Waals surface area (Å²) in [5.41, 5.74) is 0. The van der Waals surface area contributed by atoms with E-state index in [1.165, 1.54) is 0 Å². The zero-order valence-corrected chi connectivity index (χ0v) is 7.23. The van der Waals surface area contributed by atoms with E-state index in [0.717, 1.165) is 3.58 Å². The van der Waals surface area contributed by atoms with Crippen LogP contribution in [0.25, 0.3) is 0 Å². The molecule has 0 heterocycles. The van der Waals surface area contributed by atoms with Crippen LogP contribution in [0.4, 0.5) is 0 Å². The summed E-state index contributed by atoms with van der Waals surface area (Å²) < 4.78 is 0.838. The number of hydrogen-bond donors (Lipinski definition) is 0. The Kier molecular flexibility index (Phi) is 4.13. The molecule has 1 nitrogen and oxygen atoms in total. The van der Waals surface area contributed by atoms with Gasteiger partial charge in [0.2, 0.25) is 0 Å². The second-order valence-electron chi connectivity index (χ2n) is 1.41. The molecule has 2 heteroatoms. The Balaban J connectivity index is 3.83. The summed E-state index contributed by atoms with van der Waals surface area (Å²) in [7, 11) is 0. The summed E-state index contributed by atoms with van der Waals surface area (Å²) in [6, 6.07) is 0. The molecule has 0 rings (SSSR count). The molecular formula is C6H9IO. The molecule has 0 aliphatic carbocycles. The minimum absolute atomic E-state index is 0.230. The van der Waals surface area contributed by atoms with Gasteiger partial charge in [-0.1, -0.05) is 13.0 Å². The summed E-state index contributed by atoms with van der Waals surface area (Å²) in [4.78, 5) is 10.7. The highest BCUT2D eigenvalue weighted by Crippen LogP contribution is 2.07. The fraction of sp³-hybridized carbons (Fsp3) is 0.500. The monoisotopic (exact) mass is 224 g/mol. The van der Waals surface area contributed by atoms with Crippen LogP contribution < -0.4 is 0 Å². The summed E-state index contributed by atoms with van der Waals surface area (Å²) >= 11 is 2.04. The van der Waals surface area contributed by atoms with Gasteiger partial charge in [0.25, 0.3) is 0 Å². The Morgan fingerprint density at radius 2 is 2.25 bits per heavy atom. The van der Waals surface area contributed by atoms with Gasteiger partial charge in [0.15, 0.2) is 5.78 Å². The molecule has 0 atom stereocenters.